The molecule has 704 valence electrons. The van der Waals surface area contributed by atoms with E-state index < -0.39 is 20.0 Å². The number of phenolic OH excluding ortho intramolecular Hbond substituents is 5. The van der Waals surface area contributed by atoms with Crippen LogP contribution in [0.15, 0.2) is 212 Å². The fourth-order valence-corrected chi connectivity index (χ4v) is 21.4. The molecule has 5 fully saturated rings. The molecule has 12 aromatic rings. The molecule has 5 saturated heterocycles. The van der Waals surface area contributed by atoms with Crippen molar-refractivity contribution in [2.24, 2.45) is 0 Å². The van der Waals surface area contributed by atoms with Crippen molar-refractivity contribution < 1.29 is 52.0 Å². The molecular formula is C96H117N25O11S2. The van der Waals surface area contributed by atoms with Crippen LogP contribution in [-0.2, 0) is 36.1 Å². The number of benzene rings is 7. The monoisotopic (exact) mass is 1860 g/mol. The van der Waals surface area contributed by atoms with Gasteiger partial charge in [0.25, 0.3) is 0 Å². The van der Waals surface area contributed by atoms with Crippen LogP contribution in [0.5, 0.6) is 28.7 Å². The zero-order valence-corrected chi connectivity index (χ0v) is 78.5. The molecule has 8 atom stereocenters. The van der Waals surface area contributed by atoms with Crippen LogP contribution >= 0.6 is 0 Å². The number of rotatable bonds is 15. The number of hydrogen-bond donors (Lipinski definition) is 10. The van der Waals surface area contributed by atoms with E-state index in [1.807, 2.05) is 140 Å². The number of para-hydroxylation sites is 6. The van der Waals surface area contributed by atoms with Gasteiger partial charge in [-0.05, 0) is 164 Å². The Balaban J connectivity index is 0.000000142. The minimum Gasteiger partial charge on any atom is -0.507 e. The van der Waals surface area contributed by atoms with E-state index >= 15 is 0 Å². The van der Waals surface area contributed by atoms with Gasteiger partial charge in [0, 0.05) is 168 Å². The SMILES string of the molecule is CC(=O)N1CCN(c2cc(-c3ccccc3O)nnc2N)C[C@@H]1Cc1ccccc1.CC(=O)N1[C@H](C)CN(c2cc(-c3ccccc3O)nnc2N)C[C@H]1C.C[C@@H]1CN(c2cc(-c3ccccc3O)nnc2N)C[C@@H](C)N1S(C)(=O)=O.C[C@H]1CN(c2cc(-c3ccccc3O)nnc2N)CCN1c1ccccc1.C[C@H]1CN(c2cc(-c3ccccc3O)nnc2N)C[C@H](C)N1S(C)(=O)=O. The second-order valence-corrected chi connectivity index (χ2v) is 38.1. The van der Waals surface area contributed by atoms with Crippen LogP contribution in [0.1, 0.15) is 67.9 Å². The summed E-state index contributed by atoms with van der Waals surface area (Å²) in [4.78, 5) is 40.9. The standard InChI is InChI=1S/C23H25N5O2.C21H23N5O.C18H23N5O2.2C17H23N5O3S/c1-16(29)28-12-11-27(15-18(28)13-17-7-3-2-4-8-17)21-14-20(25-26-23(21)24)19-9-5-6-10-22(19)30;1-15-14-25(11-12-26(15)16-7-3-2-4-8-16)19-13-18(23-24-21(19)22)17-9-5-6-10-20(17)27;1-11-9-22(10-12(2)23(11)13(3)24)16-8-15(20-21-18(16)19)14-6-4-5-7-17(14)25;2*1-11-9-21(10-12(2)22(11)26(3,24)25)15-8-14(19-20-17(15)18)13-6-4-5-7-16(13)23/h2-10,14,18,30H,11-13,15H2,1H3,(H2,24,26);2-10,13,15,27H,11-12,14H2,1H3,(H2,22,24);4-8,11-12,25H,9-10H2,1-3H3,(H2,19,21);2*4-8,11-12,23H,9-10H2,1-3H3,(H2,18,20)/t18-;15-;3*11-,12-/m00110/s1. The van der Waals surface area contributed by atoms with E-state index in [0.717, 1.165) is 43.1 Å². The van der Waals surface area contributed by atoms with E-state index in [0.29, 0.717) is 150 Å². The first kappa shape index (κ1) is 97.0. The Morgan fingerprint density at radius 1 is 0.321 bits per heavy atom. The summed E-state index contributed by atoms with van der Waals surface area (Å²) in [7, 11) is -6.56. The van der Waals surface area contributed by atoms with E-state index in [2.05, 4.69) is 114 Å². The number of nitrogen functional groups attached to an aromatic ring is 5. The summed E-state index contributed by atoms with van der Waals surface area (Å²) < 4.78 is 51.2. The molecule has 15 N–H and O–H groups in total. The maximum Gasteiger partial charge on any atom is 0.220 e. The Labute approximate surface area is 781 Å². The lowest BCUT2D eigenvalue weighted by molar-refractivity contribution is -0.133. The quantitative estimate of drug-likeness (QED) is 0.0456. The van der Waals surface area contributed by atoms with Crippen molar-refractivity contribution in [3.63, 3.8) is 0 Å². The third-order valence-corrected chi connectivity index (χ3v) is 27.2. The van der Waals surface area contributed by atoms with Crippen molar-refractivity contribution in [3.05, 3.63) is 218 Å². The number of anilines is 11. The van der Waals surface area contributed by atoms with Crippen molar-refractivity contribution in [2.45, 2.75) is 117 Å². The van der Waals surface area contributed by atoms with Crippen LogP contribution in [0.4, 0.5) is 63.2 Å². The van der Waals surface area contributed by atoms with E-state index in [9.17, 15) is 52.0 Å². The number of aromatic hydroxyl groups is 5. The molecule has 5 aromatic heterocycles. The van der Waals surface area contributed by atoms with Crippen LogP contribution in [0.25, 0.3) is 56.3 Å². The normalized spacial score (nSPS) is 19.4. The first-order valence-corrected chi connectivity index (χ1v) is 47.8. The fraction of sp³-hybridized carbons (Fsp3) is 0.333. The van der Waals surface area contributed by atoms with E-state index in [1.54, 1.807) is 111 Å². The number of phenols is 5. The highest BCUT2D eigenvalue weighted by Gasteiger charge is 2.40. The predicted molar refractivity (Wildman–Crippen MR) is 526 cm³/mol. The van der Waals surface area contributed by atoms with Gasteiger partial charge in [-0.1, -0.05) is 109 Å². The van der Waals surface area contributed by atoms with Gasteiger partial charge >= 0.3 is 0 Å². The number of carbonyl (C=O) groups is 2. The fourth-order valence-electron chi connectivity index (χ4n) is 18.5. The highest BCUT2D eigenvalue weighted by molar-refractivity contribution is 7.88. The second kappa shape index (κ2) is 42.4. The Kier molecular flexibility index (Phi) is 30.7. The molecule has 2 amide bonds. The average Bonchev–Trinajstić information content (AvgIpc) is 0.436. The van der Waals surface area contributed by atoms with Gasteiger partial charge in [0.15, 0.2) is 29.1 Å². The molecule has 134 heavy (non-hydrogen) atoms. The molecule has 0 radical (unpaired) electrons. The minimum absolute atomic E-state index is 0.0276. The van der Waals surface area contributed by atoms with E-state index in [1.165, 1.54) is 32.4 Å². The van der Waals surface area contributed by atoms with E-state index in [4.69, 9.17) is 28.7 Å². The number of sulfonamides is 2. The van der Waals surface area contributed by atoms with Crippen LogP contribution < -0.4 is 58.1 Å². The van der Waals surface area contributed by atoms with Gasteiger partial charge in [0.2, 0.25) is 31.9 Å². The van der Waals surface area contributed by atoms with Gasteiger partial charge in [-0.2, -0.15) is 8.61 Å². The van der Waals surface area contributed by atoms with Crippen LogP contribution in [-0.4, -0.2) is 263 Å². The predicted octanol–water partition coefficient (Wildman–Crippen LogP) is 10.3. The van der Waals surface area contributed by atoms with Gasteiger partial charge in [0.05, 0.1) is 75.5 Å². The molecule has 0 saturated carbocycles. The summed E-state index contributed by atoms with van der Waals surface area (Å²) in [5.41, 5.74) is 42.4. The zero-order chi connectivity index (χ0) is 96.1. The molecule has 17 rings (SSSR count). The number of nitrogens with two attached hydrogens (primary N) is 5. The highest BCUT2D eigenvalue weighted by Crippen LogP contribution is 2.41. The van der Waals surface area contributed by atoms with Gasteiger partial charge in [-0.25, -0.2) is 16.8 Å². The maximum absolute atomic E-state index is 12.2. The number of piperazine rings is 5. The smallest absolute Gasteiger partial charge is 0.220 e. The number of nitrogens with zero attached hydrogens (tertiary/aromatic N) is 20. The number of aromatic nitrogens is 10. The summed E-state index contributed by atoms with van der Waals surface area (Å²) in [5, 5.41) is 91.5. The molecule has 10 heterocycles. The molecule has 0 unspecified atom stereocenters. The molecule has 0 spiro atoms. The molecule has 0 bridgehead atoms. The average molecular weight is 1860 g/mol. The minimum atomic E-state index is -3.28. The van der Waals surface area contributed by atoms with Gasteiger partial charge in [-0.15, -0.1) is 51.0 Å². The lowest BCUT2D eigenvalue weighted by atomic mass is 10.0. The summed E-state index contributed by atoms with van der Waals surface area (Å²) in [6.07, 6.45) is 3.23. The lowest BCUT2D eigenvalue weighted by Crippen LogP contribution is -2.58. The van der Waals surface area contributed by atoms with Crippen molar-refractivity contribution in [1.29, 1.82) is 0 Å². The Morgan fingerprint density at radius 2 is 0.582 bits per heavy atom. The van der Waals surface area contributed by atoms with Crippen molar-refractivity contribution in [1.82, 2.24) is 69.4 Å². The van der Waals surface area contributed by atoms with Crippen molar-refractivity contribution in [3.8, 4) is 85.0 Å². The maximum atomic E-state index is 12.2. The Bertz CT molecular complexity index is 6180. The van der Waals surface area contributed by atoms with Crippen LogP contribution in [0.2, 0.25) is 0 Å². The number of amides is 2. The zero-order valence-electron chi connectivity index (χ0n) is 76.9. The second-order valence-electron chi connectivity index (χ2n) is 34.3. The van der Waals surface area contributed by atoms with E-state index in [-0.39, 0.29) is 94.5 Å². The third kappa shape index (κ3) is 23.0. The molecule has 7 aromatic carbocycles. The molecular weight excluding hydrogens is 1740 g/mol. The molecule has 36 nitrogen and oxygen atoms in total. The number of hydrogen-bond acceptors (Lipinski definition) is 32. The Hall–Kier alpha value is -14.5. The van der Waals surface area contributed by atoms with Gasteiger partial charge in [0.1, 0.15) is 28.7 Å². The number of carbonyl (C=O) groups excluding carboxylic acids is 2. The molecule has 38 heteroatoms. The third-order valence-electron chi connectivity index (χ3n) is 24.3. The summed E-state index contributed by atoms with van der Waals surface area (Å²) in [5.74, 6) is 2.50. The largest absolute Gasteiger partial charge is 0.507 e. The molecule has 5 aliphatic heterocycles. The summed E-state index contributed by atoms with van der Waals surface area (Å²) in [6.45, 7) is 24.8. The van der Waals surface area contributed by atoms with Gasteiger partial charge in [-0.3, -0.25) is 9.59 Å². The van der Waals surface area contributed by atoms with Crippen molar-refractivity contribution >= 4 is 95.1 Å². The van der Waals surface area contributed by atoms with Crippen LogP contribution in [0.3, 0.4) is 0 Å². The molecule has 5 aliphatic rings. The lowest BCUT2D eigenvalue weighted by Gasteiger charge is -2.45. The highest BCUT2D eigenvalue weighted by atomic mass is 32.2. The van der Waals surface area contributed by atoms with Crippen molar-refractivity contribution in [2.75, 3.05) is 149 Å². The Morgan fingerprint density at radius 3 is 0.866 bits per heavy atom. The van der Waals surface area contributed by atoms with Crippen LogP contribution in [0, 0.1) is 0 Å². The topological polar surface area (TPSA) is 495 Å². The first-order valence-electron chi connectivity index (χ1n) is 44.1. The summed E-state index contributed by atoms with van der Waals surface area (Å²) in [6, 6.07) is 64.5. The first-order chi connectivity index (χ1) is 63.9. The molecule has 0 aliphatic carbocycles. The summed E-state index contributed by atoms with van der Waals surface area (Å²) >= 11 is 0. The van der Waals surface area contributed by atoms with Gasteiger partial charge < -0.3 is 93.4 Å².